The van der Waals surface area contributed by atoms with Gasteiger partial charge in [0.15, 0.2) is 0 Å². The van der Waals surface area contributed by atoms with E-state index in [0.717, 1.165) is 13.1 Å². The molecule has 0 saturated heterocycles. The molecule has 0 aliphatic rings. The monoisotopic (exact) mass is 180 g/mol. The van der Waals surface area contributed by atoms with Gasteiger partial charge >= 0.3 is 0 Å². The zero-order valence-electron chi connectivity index (χ0n) is 7.29. The van der Waals surface area contributed by atoms with Gasteiger partial charge in [-0.25, -0.2) is 0 Å². The molecule has 76 valence electrons. The molecule has 0 unspecified atom stereocenters. The van der Waals surface area contributed by atoms with Gasteiger partial charge in [-0.3, -0.25) is 11.7 Å². The highest BCUT2D eigenvalue weighted by atomic mass is 16.3. The van der Waals surface area contributed by atoms with Gasteiger partial charge in [0.25, 0.3) is 0 Å². The van der Waals surface area contributed by atoms with Crippen molar-refractivity contribution in [2.45, 2.75) is 0 Å². The third-order valence-electron chi connectivity index (χ3n) is 1.06. The van der Waals surface area contributed by atoms with Crippen LogP contribution < -0.4 is 22.3 Å². The van der Waals surface area contributed by atoms with Crippen LogP contribution in [0.25, 0.3) is 0 Å². The Morgan fingerprint density at radius 2 is 1.08 bits per heavy atom. The van der Waals surface area contributed by atoms with Crippen molar-refractivity contribution in [3.8, 4) is 0 Å². The molecule has 0 aliphatic carbocycles. The summed E-state index contributed by atoms with van der Waals surface area (Å²) >= 11 is 0. The second-order valence-electron chi connectivity index (χ2n) is 1.95. The van der Waals surface area contributed by atoms with E-state index >= 15 is 0 Å². The highest BCUT2D eigenvalue weighted by molar-refractivity contribution is 4.49. The number of nitrogens with one attached hydrogen (secondary N) is 2. The highest BCUT2D eigenvalue weighted by Crippen LogP contribution is 1.59. The normalized spacial score (nSPS) is 9.00. The average Bonchev–Trinajstić information content (AvgIpc) is 2.15. The van der Waals surface area contributed by atoms with Gasteiger partial charge in [-0.15, -0.1) is 0 Å². The number of nitrogens with two attached hydrogens (primary N) is 2. The van der Waals surface area contributed by atoms with Gasteiger partial charge in [0.05, 0.1) is 13.2 Å². The molecule has 0 spiro atoms. The third kappa shape index (κ3) is 16.4. The fourth-order valence-corrected chi connectivity index (χ4v) is 0.585. The molecule has 12 heavy (non-hydrogen) atoms. The molecular formula is C6H20N4O2. The number of aliphatic hydroxyl groups is 2. The average molecular weight is 180 g/mol. The molecule has 0 aromatic heterocycles. The molecule has 0 fully saturated rings. The predicted octanol–water partition coefficient (Wildman–Crippen LogP) is -3.03. The summed E-state index contributed by atoms with van der Waals surface area (Å²) < 4.78 is 0. The Labute approximate surface area is 72.9 Å². The van der Waals surface area contributed by atoms with Crippen LogP contribution in [0.2, 0.25) is 0 Å². The number of aliphatic hydroxyl groups excluding tert-OH is 2. The quantitative estimate of drug-likeness (QED) is 0.141. The Balaban J connectivity index is 0. The molecule has 0 heterocycles. The first kappa shape index (κ1) is 14.3. The first-order valence-electron chi connectivity index (χ1n) is 3.88. The van der Waals surface area contributed by atoms with E-state index in [1.165, 1.54) is 0 Å². The minimum atomic E-state index is 0.181. The van der Waals surface area contributed by atoms with Crippen LogP contribution in [0, 0.1) is 0 Å². The van der Waals surface area contributed by atoms with E-state index in [2.05, 4.69) is 22.3 Å². The van der Waals surface area contributed by atoms with E-state index in [9.17, 15) is 0 Å². The molecule has 0 aliphatic heterocycles. The Hall–Kier alpha value is -0.240. The summed E-state index contributed by atoms with van der Waals surface area (Å²) in [7, 11) is 0. The maximum atomic E-state index is 8.35. The van der Waals surface area contributed by atoms with Crippen molar-refractivity contribution >= 4 is 0 Å². The first-order valence-corrected chi connectivity index (χ1v) is 3.88. The summed E-state index contributed by atoms with van der Waals surface area (Å²) in [4.78, 5) is 0. The summed E-state index contributed by atoms with van der Waals surface area (Å²) in [6, 6.07) is 0. The van der Waals surface area contributed by atoms with Crippen molar-refractivity contribution in [1.82, 2.24) is 10.6 Å². The molecule has 0 atom stereocenters. The van der Waals surface area contributed by atoms with Gasteiger partial charge in [-0.1, -0.05) is 0 Å². The Morgan fingerprint density at radius 3 is 1.33 bits per heavy atom. The molecule has 0 aromatic rings. The first-order chi connectivity index (χ1) is 5.91. The summed E-state index contributed by atoms with van der Waals surface area (Å²) in [5, 5.41) is 22.7. The van der Waals surface area contributed by atoms with E-state index in [0.29, 0.717) is 13.1 Å². The molecule has 6 heteroatoms. The minimum Gasteiger partial charge on any atom is -0.395 e. The third-order valence-corrected chi connectivity index (χ3v) is 1.06. The zero-order valence-corrected chi connectivity index (χ0v) is 7.29. The molecule has 0 rings (SSSR count). The molecule has 6 nitrogen and oxygen atoms in total. The van der Waals surface area contributed by atoms with E-state index in [1.54, 1.807) is 0 Å². The maximum absolute atomic E-state index is 8.35. The molecule has 8 N–H and O–H groups in total. The molecule has 0 aromatic carbocycles. The maximum Gasteiger partial charge on any atom is 0.0555 e. The number of rotatable bonds is 7. The highest BCUT2D eigenvalue weighted by Gasteiger charge is 1.84. The second-order valence-corrected chi connectivity index (χ2v) is 1.95. The summed E-state index contributed by atoms with van der Waals surface area (Å²) in [6.07, 6.45) is 0. The Morgan fingerprint density at radius 1 is 0.750 bits per heavy atom. The Bertz CT molecular complexity index is 57.5. The van der Waals surface area contributed by atoms with Gasteiger partial charge < -0.3 is 20.8 Å². The SMILES string of the molecule is NN.OCCNCCNCCO. The fourth-order valence-electron chi connectivity index (χ4n) is 0.585. The standard InChI is InChI=1S/C6H16N2O2.H4N2/c9-5-3-7-1-2-8-4-6-10;1-2/h7-10H,1-6H2;1-2H2. The van der Waals surface area contributed by atoms with Crippen LogP contribution in [-0.4, -0.2) is 49.6 Å². The second kappa shape index (κ2) is 17.0. The lowest BCUT2D eigenvalue weighted by Crippen LogP contribution is -2.30. The van der Waals surface area contributed by atoms with Crippen LogP contribution in [0.3, 0.4) is 0 Å². The van der Waals surface area contributed by atoms with Gasteiger partial charge in [-0.2, -0.15) is 0 Å². The van der Waals surface area contributed by atoms with Crippen molar-refractivity contribution in [2.24, 2.45) is 11.7 Å². The smallest absolute Gasteiger partial charge is 0.0555 e. The van der Waals surface area contributed by atoms with Crippen molar-refractivity contribution in [3.05, 3.63) is 0 Å². The largest absolute Gasteiger partial charge is 0.395 e. The van der Waals surface area contributed by atoms with Crippen LogP contribution in [0.1, 0.15) is 0 Å². The van der Waals surface area contributed by atoms with Crippen molar-refractivity contribution < 1.29 is 10.2 Å². The zero-order chi connectivity index (χ0) is 9.66. The van der Waals surface area contributed by atoms with Crippen LogP contribution in [-0.2, 0) is 0 Å². The van der Waals surface area contributed by atoms with Crippen molar-refractivity contribution in [3.63, 3.8) is 0 Å². The summed E-state index contributed by atoms with van der Waals surface area (Å²) in [6.45, 7) is 3.31. The van der Waals surface area contributed by atoms with Crippen LogP contribution in [0.4, 0.5) is 0 Å². The lowest BCUT2D eigenvalue weighted by Gasteiger charge is -2.02. The number of hydrogen-bond acceptors (Lipinski definition) is 6. The van der Waals surface area contributed by atoms with Crippen LogP contribution in [0.15, 0.2) is 0 Å². The fraction of sp³-hybridized carbons (Fsp3) is 1.00. The van der Waals surface area contributed by atoms with E-state index < -0.39 is 0 Å². The molecule has 0 amide bonds. The molecule has 0 saturated carbocycles. The number of hydrazine groups is 1. The lowest BCUT2D eigenvalue weighted by molar-refractivity contribution is 0.286. The van der Waals surface area contributed by atoms with Crippen molar-refractivity contribution in [2.75, 3.05) is 39.4 Å². The van der Waals surface area contributed by atoms with E-state index in [1.807, 2.05) is 0 Å². The van der Waals surface area contributed by atoms with E-state index in [4.69, 9.17) is 10.2 Å². The van der Waals surface area contributed by atoms with Gasteiger partial charge in [0, 0.05) is 26.2 Å². The van der Waals surface area contributed by atoms with Crippen LogP contribution in [0.5, 0.6) is 0 Å². The van der Waals surface area contributed by atoms with Gasteiger partial charge in [-0.05, 0) is 0 Å². The van der Waals surface area contributed by atoms with Crippen molar-refractivity contribution in [1.29, 1.82) is 0 Å². The topological polar surface area (TPSA) is 117 Å². The van der Waals surface area contributed by atoms with Crippen LogP contribution >= 0.6 is 0 Å². The van der Waals surface area contributed by atoms with Gasteiger partial charge in [0.1, 0.15) is 0 Å². The van der Waals surface area contributed by atoms with Gasteiger partial charge in [0.2, 0.25) is 0 Å². The molecule has 0 bridgehead atoms. The lowest BCUT2D eigenvalue weighted by atomic mass is 10.5. The summed E-state index contributed by atoms with van der Waals surface area (Å²) in [5.41, 5.74) is 0. The molecular weight excluding hydrogens is 160 g/mol. The molecule has 0 radical (unpaired) electrons. The Kier molecular flexibility index (Phi) is 20.3. The predicted molar refractivity (Wildman–Crippen MR) is 48.3 cm³/mol. The summed E-state index contributed by atoms with van der Waals surface area (Å²) in [5.74, 6) is 8.00. The number of hydrogen-bond donors (Lipinski definition) is 6. The van der Waals surface area contributed by atoms with E-state index in [-0.39, 0.29) is 13.2 Å². The minimum absolute atomic E-state index is 0.181.